The number of fused-ring (bicyclic) bond motifs is 1. The lowest BCUT2D eigenvalue weighted by Crippen LogP contribution is -2.48. The van der Waals surface area contributed by atoms with Crippen LogP contribution in [-0.4, -0.2) is 84.7 Å². The molecule has 174 valence electrons. The van der Waals surface area contributed by atoms with Crippen LogP contribution < -0.4 is 9.80 Å². The van der Waals surface area contributed by atoms with Crippen molar-refractivity contribution in [2.75, 3.05) is 69.2 Å². The molecular weight excluding hydrogens is 426 g/mol. The molecule has 1 aromatic carbocycles. The fraction of sp³-hybridized carbons (Fsp3) is 0.346. The summed E-state index contributed by atoms with van der Waals surface area (Å²) in [6.45, 7) is 10.5. The number of benzene rings is 1. The van der Waals surface area contributed by atoms with Crippen molar-refractivity contribution in [1.82, 2.24) is 19.4 Å². The smallest absolute Gasteiger partial charge is 0.246 e. The van der Waals surface area contributed by atoms with E-state index in [1.807, 2.05) is 15.6 Å². The highest BCUT2D eigenvalue weighted by Crippen LogP contribution is 2.33. The van der Waals surface area contributed by atoms with Crippen LogP contribution in [0.5, 0.6) is 0 Å². The van der Waals surface area contributed by atoms with Crippen LogP contribution in [0.25, 0.3) is 16.6 Å². The summed E-state index contributed by atoms with van der Waals surface area (Å²) in [6.07, 6.45) is 5.06. The van der Waals surface area contributed by atoms with Crippen LogP contribution in [-0.2, 0) is 4.79 Å². The molecule has 2 saturated heterocycles. The maximum Gasteiger partial charge on any atom is 0.246 e. The molecule has 0 radical (unpaired) electrons. The van der Waals surface area contributed by atoms with Gasteiger partial charge in [0.05, 0.1) is 29.2 Å². The SMILES string of the molecule is C=CC(=O)N1CCN(c2ccc(-c3cc(N4CCN(C)CC4)cn4ncc(C#N)c34)cc2)CC1. The van der Waals surface area contributed by atoms with Crippen molar-refractivity contribution >= 4 is 22.8 Å². The molecule has 2 fully saturated rings. The van der Waals surface area contributed by atoms with Gasteiger partial charge in [-0.2, -0.15) is 10.4 Å². The van der Waals surface area contributed by atoms with Gasteiger partial charge in [-0.25, -0.2) is 4.52 Å². The van der Waals surface area contributed by atoms with E-state index in [1.165, 1.54) is 6.08 Å². The van der Waals surface area contributed by atoms with Gasteiger partial charge in [-0.1, -0.05) is 18.7 Å². The maximum absolute atomic E-state index is 11.9. The van der Waals surface area contributed by atoms with Gasteiger partial charge >= 0.3 is 0 Å². The number of aromatic nitrogens is 2. The highest BCUT2D eigenvalue weighted by Gasteiger charge is 2.21. The van der Waals surface area contributed by atoms with Crippen LogP contribution in [0.4, 0.5) is 11.4 Å². The Hall–Kier alpha value is -3.83. The van der Waals surface area contributed by atoms with E-state index >= 15 is 0 Å². The van der Waals surface area contributed by atoms with Gasteiger partial charge in [0.2, 0.25) is 5.91 Å². The van der Waals surface area contributed by atoms with E-state index in [-0.39, 0.29) is 5.91 Å². The second-order valence-corrected chi connectivity index (χ2v) is 8.93. The number of nitriles is 1. The summed E-state index contributed by atoms with van der Waals surface area (Å²) in [5.74, 6) is -0.00616. The first-order chi connectivity index (χ1) is 16.6. The van der Waals surface area contributed by atoms with Gasteiger partial charge in [0.15, 0.2) is 0 Å². The van der Waals surface area contributed by atoms with Gasteiger partial charge < -0.3 is 19.6 Å². The molecule has 2 aliphatic rings. The molecule has 34 heavy (non-hydrogen) atoms. The molecule has 0 bridgehead atoms. The monoisotopic (exact) mass is 455 g/mol. The van der Waals surface area contributed by atoms with Crippen molar-refractivity contribution in [2.24, 2.45) is 0 Å². The van der Waals surface area contributed by atoms with Gasteiger partial charge in [-0.05, 0) is 36.9 Å². The Kier molecular flexibility index (Phi) is 5.95. The molecule has 1 amide bonds. The molecule has 4 heterocycles. The Morgan fingerprint density at radius 3 is 2.29 bits per heavy atom. The second kappa shape index (κ2) is 9.20. The summed E-state index contributed by atoms with van der Waals surface area (Å²) in [4.78, 5) is 20.7. The normalized spacial score (nSPS) is 17.1. The summed E-state index contributed by atoms with van der Waals surface area (Å²) in [7, 11) is 2.15. The van der Waals surface area contributed by atoms with Crippen molar-refractivity contribution in [3.63, 3.8) is 0 Å². The zero-order valence-electron chi connectivity index (χ0n) is 19.5. The van der Waals surface area contributed by atoms with Crippen LogP contribution in [0.1, 0.15) is 5.56 Å². The highest BCUT2D eigenvalue weighted by molar-refractivity contribution is 5.88. The Balaban J connectivity index is 1.44. The lowest BCUT2D eigenvalue weighted by atomic mass is 10.0. The molecule has 8 heteroatoms. The number of hydrogen-bond donors (Lipinski definition) is 0. The minimum Gasteiger partial charge on any atom is -0.368 e. The average Bonchev–Trinajstić information content (AvgIpc) is 3.31. The second-order valence-electron chi connectivity index (χ2n) is 8.93. The van der Waals surface area contributed by atoms with E-state index in [0.29, 0.717) is 18.7 Å². The quantitative estimate of drug-likeness (QED) is 0.563. The standard InChI is InChI=1S/C26H29N7O/c1-3-25(34)32-14-12-30(13-15-32)22-6-4-20(5-7-22)24-16-23(31-10-8-29(2)9-11-31)19-33-26(24)21(17-27)18-28-33/h3-7,16,18-19H,1,8-15H2,2H3. The molecule has 0 saturated carbocycles. The summed E-state index contributed by atoms with van der Waals surface area (Å²) < 4.78 is 1.84. The number of anilines is 2. The fourth-order valence-corrected chi connectivity index (χ4v) is 4.81. The minimum atomic E-state index is -0.00616. The van der Waals surface area contributed by atoms with Crippen molar-refractivity contribution in [2.45, 2.75) is 0 Å². The molecule has 3 aromatic rings. The van der Waals surface area contributed by atoms with Gasteiger partial charge in [0.25, 0.3) is 0 Å². The van der Waals surface area contributed by atoms with Crippen molar-refractivity contribution < 1.29 is 4.79 Å². The lowest BCUT2D eigenvalue weighted by molar-refractivity contribution is -0.126. The molecule has 0 unspecified atom stereocenters. The molecule has 2 aliphatic heterocycles. The Morgan fingerprint density at radius 1 is 1.00 bits per heavy atom. The van der Waals surface area contributed by atoms with Gasteiger partial charge in [0.1, 0.15) is 6.07 Å². The number of piperazine rings is 2. The third-order valence-electron chi connectivity index (χ3n) is 6.90. The van der Waals surface area contributed by atoms with Crippen molar-refractivity contribution in [3.05, 3.63) is 60.9 Å². The highest BCUT2D eigenvalue weighted by atomic mass is 16.2. The van der Waals surface area contributed by atoms with Crippen molar-refractivity contribution in [3.8, 4) is 17.2 Å². The number of carbonyl (C=O) groups is 1. The summed E-state index contributed by atoms with van der Waals surface area (Å²) >= 11 is 0. The molecule has 5 rings (SSSR count). The first kappa shape index (κ1) is 22.0. The third kappa shape index (κ3) is 4.11. The predicted molar refractivity (Wildman–Crippen MR) is 134 cm³/mol. The average molecular weight is 456 g/mol. The van der Waals surface area contributed by atoms with Crippen LogP contribution in [0.3, 0.4) is 0 Å². The first-order valence-corrected chi connectivity index (χ1v) is 11.7. The zero-order chi connectivity index (χ0) is 23.7. The Bertz CT molecular complexity index is 1240. The molecule has 0 spiro atoms. The van der Waals surface area contributed by atoms with E-state index in [9.17, 15) is 10.1 Å². The maximum atomic E-state index is 11.9. The topological polar surface area (TPSA) is 71.1 Å². The molecular formula is C26H29N7O. The molecule has 2 aromatic heterocycles. The van der Waals surface area contributed by atoms with Gasteiger partial charge in [-0.3, -0.25) is 4.79 Å². The summed E-state index contributed by atoms with van der Waals surface area (Å²) in [5, 5.41) is 14.2. The Labute approximate surface area is 199 Å². The number of rotatable bonds is 4. The zero-order valence-corrected chi connectivity index (χ0v) is 19.5. The summed E-state index contributed by atoms with van der Waals surface area (Å²) in [6, 6.07) is 13.0. The molecule has 8 nitrogen and oxygen atoms in total. The number of pyridine rings is 1. The van der Waals surface area contributed by atoms with E-state index in [4.69, 9.17) is 0 Å². The predicted octanol–water partition coefficient (Wildman–Crippen LogP) is 2.46. The van der Waals surface area contributed by atoms with Crippen LogP contribution >= 0.6 is 0 Å². The van der Waals surface area contributed by atoms with Crippen LogP contribution in [0.2, 0.25) is 0 Å². The van der Waals surface area contributed by atoms with Crippen molar-refractivity contribution in [1.29, 1.82) is 5.26 Å². The number of nitrogens with zero attached hydrogens (tertiary/aromatic N) is 7. The lowest BCUT2D eigenvalue weighted by Gasteiger charge is -2.35. The van der Waals surface area contributed by atoms with E-state index < -0.39 is 0 Å². The number of hydrogen-bond acceptors (Lipinski definition) is 6. The fourth-order valence-electron chi connectivity index (χ4n) is 4.81. The van der Waals surface area contributed by atoms with Crippen LogP contribution in [0.15, 0.2) is 55.4 Å². The molecule has 0 atom stereocenters. The summed E-state index contributed by atoms with van der Waals surface area (Å²) in [5.41, 5.74) is 5.74. The van der Waals surface area contributed by atoms with Crippen LogP contribution in [0, 0.1) is 11.3 Å². The Morgan fingerprint density at radius 2 is 1.65 bits per heavy atom. The molecule has 0 N–H and O–H groups in total. The van der Waals surface area contributed by atoms with Gasteiger partial charge in [-0.15, -0.1) is 0 Å². The molecule has 0 aliphatic carbocycles. The number of likely N-dealkylation sites (N-methyl/N-ethyl adjacent to an activating group) is 1. The first-order valence-electron chi connectivity index (χ1n) is 11.7. The van der Waals surface area contributed by atoms with E-state index in [2.05, 4.69) is 69.8 Å². The number of amides is 1. The third-order valence-corrected chi connectivity index (χ3v) is 6.90. The minimum absolute atomic E-state index is 0.00616. The largest absolute Gasteiger partial charge is 0.368 e. The van der Waals surface area contributed by atoms with E-state index in [0.717, 1.165) is 67.3 Å². The van der Waals surface area contributed by atoms with E-state index in [1.54, 1.807) is 6.20 Å². The van der Waals surface area contributed by atoms with Gasteiger partial charge in [0, 0.05) is 63.6 Å². The number of carbonyl (C=O) groups excluding carboxylic acids is 1.